The molecule has 0 saturated carbocycles. The van der Waals surface area contributed by atoms with E-state index in [-0.39, 0.29) is 18.2 Å². The van der Waals surface area contributed by atoms with Crippen molar-refractivity contribution in [3.63, 3.8) is 0 Å². The van der Waals surface area contributed by atoms with Crippen molar-refractivity contribution in [2.75, 3.05) is 6.61 Å². The summed E-state index contributed by atoms with van der Waals surface area (Å²) in [6, 6.07) is 12.3. The van der Waals surface area contributed by atoms with Crippen LogP contribution in [0, 0.1) is 0 Å². The van der Waals surface area contributed by atoms with Gasteiger partial charge in [0.1, 0.15) is 11.5 Å². The van der Waals surface area contributed by atoms with E-state index >= 15 is 0 Å². The third kappa shape index (κ3) is 5.33. The summed E-state index contributed by atoms with van der Waals surface area (Å²) in [6.07, 6.45) is -4.70. The maximum atomic E-state index is 12.1. The number of halogens is 4. The Morgan fingerprint density at radius 1 is 1.04 bits per heavy atom. The number of para-hydroxylation sites is 1. The maximum absolute atomic E-state index is 12.1. The van der Waals surface area contributed by atoms with Crippen LogP contribution in [-0.4, -0.2) is 13.0 Å². The number of hydrogen-bond acceptors (Lipinski definition) is 3. The lowest BCUT2D eigenvalue weighted by atomic mass is 9.99. The van der Waals surface area contributed by atoms with Gasteiger partial charge in [-0.2, -0.15) is 0 Å². The minimum absolute atomic E-state index is 0. The van der Waals surface area contributed by atoms with E-state index in [9.17, 15) is 13.2 Å². The molecule has 0 bridgehead atoms. The van der Waals surface area contributed by atoms with Crippen molar-refractivity contribution in [3.8, 4) is 11.5 Å². The Balaban J connectivity index is 0.00000264. The predicted molar refractivity (Wildman–Crippen MR) is 84.0 cm³/mol. The van der Waals surface area contributed by atoms with E-state index in [1.165, 1.54) is 24.3 Å². The second kappa shape index (κ2) is 8.08. The molecule has 3 nitrogen and oxygen atoms in total. The monoisotopic (exact) mass is 347 g/mol. The zero-order chi connectivity index (χ0) is 16.2. The van der Waals surface area contributed by atoms with Crippen LogP contribution in [-0.2, 0) is 0 Å². The minimum Gasteiger partial charge on any atom is -0.494 e. The van der Waals surface area contributed by atoms with Gasteiger partial charge >= 0.3 is 6.36 Å². The number of rotatable bonds is 5. The molecule has 2 aromatic rings. The Morgan fingerprint density at radius 3 is 2.22 bits per heavy atom. The third-order valence-corrected chi connectivity index (χ3v) is 3.03. The van der Waals surface area contributed by atoms with E-state index in [1.54, 1.807) is 6.07 Å². The molecule has 0 aliphatic rings. The molecule has 0 unspecified atom stereocenters. The molecule has 7 heteroatoms. The van der Waals surface area contributed by atoms with Gasteiger partial charge in [-0.25, -0.2) is 0 Å². The molecule has 2 N–H and O–H groups in total. The molecule has 0 aromatic heterocycles. The van der Waals surface area contributed by atoms with Gasteiger partial charge < -0.3 is 15.2 Å². The molecule has 126 valence electrons. The second-order valence-electron chi connectivity index (χ2n) is 4.57. The Kier molecular flexibility index (Phi) is 6.72. The molecule has 0 aliphatic carbocycles. The molecule has 0 amide bonds. The lowest BCUT2D eigenvalue weighted by molar-refractivity contribution is -0.274. The first-order valence-corrected chi connectivity index (χ1v) is 6.73. The van der Waals surface area contributed by atoms with Crippen molar-refractivity contribution in [2.24, 2.45) is 5.73 Å². The minimum atomic E-state index is -4.70. The molecular weight excluding hydrogens is 331 g/mol. The van der Waals surface area contributed by atoms with E-state index < -0.39 is 12.4 Å². The maximum Gasteiger partial charge on any atom is 0.573 e. The van der Waals surface area contributed by atoms with E-state index in [4.69, 9.17) is 10.5 Å². The molecule has 1 atom stereocenters. The summed E-state index contributed by atoms with van der Waals surface area (Å²) in [7, 11) is 0. The molecule has 0 aliphatic heterocycles. The summed E-state index contributed by atoms with van der Waals surface area (Å²) < 4.78 is 45.8. The summed E-state index contributed by atoms with van der Waals surface area (Å²) in [5, 5.41) is 0. The van der Waals surface area contributed by atoms with E-state index in [1.807, 2.05) is 25.1 Å². The molecule has 0 fully saturated rings. The Labute approximate surface area is 138 Å². The van der Waals surface area contributed by atoms with E-state index in [0.29, 0.717) is 17.9 Å². The van der Waals surface area contributed by atoms with E-state index in [0.717, 1.165) is 5.56 Å². The van der Waals surface area contributed by atoms with Gasteiger partial charge in [0.05, 0.1) is 12.6 Å². The fourth-order valence-electron chi connectivity index (χ4n) is 2.08. The van der Waals surface area contributed by atoms with Crippen molar-refractivity contribution >= 4 is 12.4 Å². The highest BCUT2D eigenvalue weighted by Crippen LogP contribution is 2.30. The van der Waals surface area contributed by atoms with Crippen LogP contribution in [0.4, 0.5) is 13.2 Å². The van der Waals surface area contributed by atoms with Crippen LogP contribution in [0.1, 0.15) is 24.1 Å². The Bertz CT molecular complexity index is 617. The van der Waals surface area contributed by atoms with Gasteiger partial charge in [-0.3, -0.25) is 0 Å². The van der Waals surface area contributed by atoms with Gasteiger partial charge in [-0.1, -0.05) is 30.3 Å². The summed E-state index contributed by atoms with van der Waals surface area (Å²) in [5.74, 6) is 0.384. The largest absolute Gasteiger partial charge is 0.573 e. The Morgan fingerprint density at radius 2 is 1.65 bits per heavy atom. The third-order valence-electron chi connectivity index (χ3n) is 3.03. The van der Waals surface area contributed by atoms with Crippen molar-refractivity contribution in [1.82, 2.24) is 0 Å². The molecule has 0 radical (unpaired) electrons. The first kappa shape index (κ1) is 19.1. The number of ether oxygens (including phenoxy) is 2. The standard InChI is InChI=1S/C16H16F3NO2.ClH/c1-2-21-14-6-4-3-5-13(14)15(20)11-7-9-12(10-8-11)22-16(17,18)19;/h3-10,15H,2,20H2,1H3;1H/t15-;/m0./s1. The first-order chi connectivity index (χ1) is 10.4. The topological polar surface area (TPSA) is 44.5 Å². The molecule has 0 heterocycles. The molecule has 0 spiro atoms. The zero-order valence-electron chi connectivity index (χ0n) is 12.3. The molecular formula is C16H17ClF3NO2. The van der Waals surface area contributed by atoms with Crippen LogP contribution >= 0.6 is 12.4 Å². The second-order valence-corrected chi connectivity index (χ2v) is 4.57. The van der Waals surface area contributed by atoms with Crippen LogP contribution in [0.5, 0.6) is 11.5 Å². The zero-order valence-corrected chi connectivity index (χ0v) is 13.2. The highest BCUT2D eigenvalue weighted by Gasteiger charge is 2.31. The van der Waals surface area contributed by atoms with Crippen LogP contribution in [0.15, 0.2) is 48.5 Å². The summed E-state index contributed by atoms with van der Waals surface area (Å²) in [5.41, 5.74) is 7.62. The van der Waals surface area contributed by atoms with Crippen LogP contribution < -0.4 is 15.2 Å². The summed E-state index contributed by atoms with van der Waals surface area (Å²) in [6.45, 7) is 2.37. The molecule has 2 aromatic carbocycles. The van der Waals surface area contributed by atoms with Crippen molar-refractivity contribution < 1.29 is 22.6 Å². The van der Waals surface area contributed by atoms with Crippen LogP contribution in [0.2, 0.25) is 0 Å². The number of benzene rings is 2. The molecule has 23 heavy (non-hydrogen) atoms. The normalized spacial score (nSPS) is 12.2. The lowest BCUT2D eigenvalue weighted by Gasteiger charge is -2.17. The van der Waals surface area contributed by atoms with Crippen molar-refractivity contribution in [1.29, 1.82) is 0 Å². The highest BCUT2D eigenvalue weighted by molar-refractivity contribution is 5.85. The van der Waals surface area contributed by atoms with E-state index in [2.05, 4.69) is 4.74 Å². The van der Waals surface area contributed by atoms with Gasteiger partial charge in [0.15, 0.2) is 0 Å². The van der Waals surface area contributed by atoms with Gasteiger partial charge in [-0.05, 0) is 30.7 Å². The number of alkyl halides is 3. The van der Waals surface area contributed by atoms with Crippen LogP contribution in [0.25, 0.3) is 0 Å². The van der Waals surface area contributed by atoms with Crippen molar-refractivity contribution in [3.05, 3.63) is 59.7 Å². The quantitative estimate of drug-likeness (QED) is 0.868. The van der Waals surface area contributed by atoms with Gasteiger partial charge in [0, 0.05) is 5.56 Å². The average molecular weight is 348 g/mol. The van der Waals surface area contributed by atoms with Gasteiger partial charge in [0.25, 0.3) is 0 Å². The highest BCUT2D eigenvalue weighted by atomic mass is 35.5. The number of nitrogens with two attached hydrogens (primary N) is 1. The fraction of sp³-hybridized carbons (Fsp3) is 0.250. The fourth-order valence-corrected chi connectivity index (χ4v) is 2.08. The van der Waals surface area contributed by atoms with Gasteiger partial charge in [-0.15, -0.1) is 25.6 Å². The summed E-state index contributed by atoms with van der Waals surface area (Å²) >= 11 is 0. The van der Waals surface area contributed by atoms with Gasteiger partial charge in [0.2, 0.25) is 0 Å². The average Bonchev–Trinajstić information content (AvgIpc) is 2.47. The first-order valence-electron chi connectivity index (χ1n) is 6.73. The van der Waals surface area contributed by atoms with Crippen molar-refractivity contribution in [2.45, 2.75) is 19.3 Å². The Hall–Kier alpha value is -1.92. The smallest absolute Gasteiger partial charge is 0.494 e. The molecule has 0 saturated heterocycles. The predicted octanol–water partition coefficient (Wildman–Crippen LogP) is 4.45. The summed E-state index contributed by atoms with van der Waals surface area (Å²) in [4.78, 5) is 0. The van der Waals surface area contributed by atoms with Crippen LogP contribution in [0.3, 0.4) is 0 Å². The molecule has 2 rings (SSSR count). The number of hydrogen-bond donors (Lipinski definition) is 1. The SMILES string of the molecule is CCOc1ccccc1[C@@H](N)c1ccc(OC(F)(F)F)cc1.Cl. The lowest BCUT2D eigenvalue weighted by Crippen LogP contribution is -2.17.